The van der Waals surface area contributed by atoms with Gasteiger partial charge in [-0.2, -0.15) is 0 Å². The van der Waals surface area contributed by atoms with Crippen molar-refractivity contribution in [1.29, 1.82) is 0 Å². The van der Waals surface area contributed by atoms with E-state index in [0.717, 1.165) is 35.9 Å². The van der Waals surface area contributed by atoms with Crippen LogP contribution >= 0.6 is 0 Å². The molecule has 0 radical (unpaired) electrons. The number of likely N-dealkylation sites (tertiary alicyclic amines) is 1. The summed E-state index contributed by atoms with van der Waals surface area (Å²) in [5.41, 5.74) is 2.98. The first-order valence-electron chi connectivity index (χ1n) is 10.3. The van der Waals surface area contributed by atoms with Crippen molar-refractivity contribution in [3.63, 3.8) is 0 Å². The SMILES string of the molecule is Cc1oc2ccc(O)c(CN3CCCC[C@@H]3C)c2c1C(=O)NCc1ccccc1. The number of piperidine rings is 1. The Morgan fingerprint density at radius 3 is 2.76 bits per heavy atom. The molecule has 2 aromatic carbocycles. The molecule has 0 saturated carbocycles. The van der Waals surface area contributed by atoms with E-state index in [4.69, 9.17) is 4.42 Å². The molecular weight excluding hydrogens is 364 g/mol. The van der Waals surface area contributed by atoms with Crippen LogP contribution in [0.15, 0.2) is 46.9 Å². The lowest BCUT2D eigenvalue weighted by molar-refractivity contribution is 0.0950. The summed E-state index contributed by atoms with van der Waals surface area (Å²) in [6.45, 7) is 6.10. The monoisotopic (exact) mass is 392 g/mol. The summed E-state index contributed by atoms with van der Waals surface area (Å²) in [6, 6.07) is 13.7. The molecule has 1 aliphatic rings. The van der Waals surface area contributed by atoms with E-state index in [1.54, 1.807) is 12.1 Å². The molecule has 2 N–H and O–H groups in total. The van der Waals surface area contributed by atoms with E-state index in [9.17, 15) is 9.90 Å². The molecule has 2 heterocycles. The van der Waals surface area contributed by atoms with Gasteiger partial charge in [0.1, 0.15) is 17.1 Å². The molecule has 4 rings (SSSR count). The molecule has 1 amide bonds. The molecule has 5 heteroatoms. The first kappa shape index (κ1) is 19.5. The maximum Gasteiger partial charge on any atom is 0.255 e. The van der Waals surface area contributed by atoms with Gasteiger partial charge in [-0.1, -0.05) is 36.8 Å². The van der Waals surface area contributed by atoms with E-state index in [1.165, 1.54) is 6.42 Å². The molecule has 1 atom stereocenters. The molecular formula is C24H28N2O3. The van der Waals surface area contributed by atoms with Gasteiger partial charge in [-0.05, 0) is 50.9 Å². The maximum atomic E-state index is 13.1. The van der Waals surface area contributed by atoms with Crippen molar-refractivity contribution in [2.75, 3.05) is 6.54 Å². The molecule has 0 unspecified atom stereocenters. The maximum absolute atomic E-state index is 13.1. The normalized spacial score (nSPS) is 17.5. The Balaban J connectivity index is 1.67. The number of aromatic hydroxyl groups is 1. The van der Waals surface area contributed by atoms with Gasteiger partial charge in [0.2, 0.25) is 0 Å². The van der Waals surface area contributed by atoms with Gasteiger partial charge >= 0.3 is 0 Å². The number of hydrogen-bond donors (Lipinski definition) is 2. The summed E-state index contributed by atoms with van der Waals surface area (Å²) in [5, 5.41) is 14.4. The van der Waals surface area contributed by atoms with Gasteiger partial charge in [-0.25, -0.2) is 0 Å². The average Bonchev–Trinajstić information content (AvgIpc) is 3.07. The van der Waals surface area contributed by atoms with Crippen molar-refractivity contribution >= 4 is 16.9 Å². The number of rotatable bonds is 5. The summed E-state index contributed by atoms with van der Waals surface area (Å²) in [6.07, 6.45) is 3.56. The van der Waals surface area contributed by atoms with Gasteiger partial charge in [0.05, 0.1) is 5.56 Å². The zero-order chi connectivity index (χ0) is 20.4. The zero-order valence-corrected chi connectivity index (χ0v) is 17.1. The lowest BCUT2D eigenvalue weighted by Gasteiger charge is -2.33. The Kier molecular flexibility index (Phi) is 5.58. The highest BCUT2D eigenvalue weighted by atomic mass is 16.3. The topological polar surface area (TPSA) is 65.7 Å². The second kappa shape index (κ2) is 8.29. The van der Waals surface area contributed by atoms with E-state index < -0.39 is 0 Å². The number of aryl methyl sites for hydroxylation is 1. The van der Waals surface area contributed by atoms with Gasteiger partial charge in [0, 0.05) is 30.1 Å². The van der Waals surface area contributed by atoms with Crippen molar-refractivity contribution in [2.45, 2.75) is 52.2 Å². The second-order valence-electron chi connectivity index (χ2n) is 7.95. The molecule has 5 nitrogen and oxygen atoms in total. The molecule has 152 valence electrons. The number of carbonyl (C=O) groups is 1. The standard InChI is InChI=1S/C24H28N2O3/c1-16-8-6-7-13-26(16)15-19-20(27)11-12-21-23(19)22(17(2)29-21)24(28)25-14-18-9-4-3-5-10-18/h3-5,9-12,16,27H,6-8,13-15H2,1-2H3,(H,25,28)/t16-/m0/s1. The van der Waals surface area contributed by atoms with Gasteiger partial charge in [-0.15, -0.1) is 0 Å². The minimum absolute atomic E-state index is 0.177. The molecule has 0 aliphatic carbocycles. The van der Waals surface area contributed by atoms with Crippen molar-refractivity contribution in [3.8, 4) is 5.75 Å². The Bertz CT molecular complexity index is 1010. The third kappa shape index (κ3) is 4.01. The largest absolute Gasteiger partial charge is 0.508 e. The Morgan fingerprint density at radius 1 is 1.21 bits per heavy atom. The lowest BCUT2D eigenvalue weighted by atomic mass is 9.99. The predicted octanol–water partition coefficient (Wildman–Crippen LogP) is 4.75. The number of phenols is 1. The Hall–Kier alpha value is -2.79. The Labute approximate surface area is 171 Å². The van der Waals surface area contributed by atoms with Crippen LogP contribution in [0.25, 0.3) is 11.0 Å². The number of carbonyl (C=O) groups excluding carboxylic acids is 1. The second-order valence-corrected chi connectivity index (χ2v) is 7.95. The van der Waals surface area contributed by atoms with Crippen molar-refractivity contribution in [2.24, 2.45) is 0 Å². The lowest BCUT2D eigenvalue weighted by Crippen LogP contribution is -2.36. The van der Waals surface area contributed by atoms with Crippen LogP contribution in [-0.4, -0.2) is 28.5 Å². The number of nitrogens with one attached hydrogen (secondary N) is 1. The number of amides is 1. The van der Waals surface area contributed by atoms with Crippen LogP contribution in [0.4, 0.5) is 0 Å². The average molecular weight is 392 g/mol. The van der Waals surface area contributed by atoms with E-state index in [-0.39, 0.29) is 11.7 Å². The highest BCUT2D eigenvalue weighted by Crippen LogP contribution is 2.35. The first-order chi connectivity index (χ1) is 14.0. The molecule has 3 aromatic rings. The quantitative estimate of drug-likeness (QED) is 0.658. The molecule has 0 spiro atoms. The third-order valence-corrected chi connectivity index (χ3v) is 5.94. The number of furan rings is 1. The third-order valence-electron chi connectivity index (χ3n) is 5.94. The van der Waals surface area contributed by atoms with Crippen LogP contribution < -0.4 is 5.32 Å². The number of fused-ring (bicyclic) bond motifs is 1. The molecule has 1 fully saturated rings. The zero-order valence-electron chi connectivity index (χ0n) is 17.1. The van der Waals surface area contributed by atoms with Gasteiger partial charge in [0.25, 0.3) is 5.91 Å². The number of phenolic OH excluding ortho intramolecular Hbond substituents is 1. The van der Waals surface area contributed by atoms with Crippen molar-refractivity contribution in [1.82, 2.24) is 10.2 Å². The van der Waals surface area contributed by atoms with Crippen molar-refractivity contribution in [3.05, 3.63) is 64.9 Å². The van der Waals surface area contributed by atoms with Crippen LogP contribution in [0, 0.1) is 6.92 Å². The number of nitrogens with zero attached hydrogens (tertiary/aromatic N) is 1. The van der Waals surface area contributed by atoms with Crippen LogP contribution in [0.1, 0.15) is 53.4 Å². The van der Waals surface area contributed by atoms with E-state index in [1.807, 2.05) is 37.3 Å². The molecule has 29 heavy (non-hydrogen) atoms. The highest BCUT2D eigenvalue weighted by Gasteiger charge is 2.26. The molecule has 1 saturated heterocycles. The van der Waals surface area contributed by atoms with E-state index in [2.05, 4.69) is 17.1 Å². The van der Waals surface area contributed by atoms with Crippen LogP contribution in [0.3, 0.4) is 0 Å². The number of hydrogen-bond acceptors (Lipinski definition) is 4. The molecule has 1 aromatic heterocycles. The van der Waals surface area contributed by atoms with Crippen LogP contribution in [0.5, 0.6) is 5.75 Å². The van der Waals surface area contributed by atoms with Crippen LogP contribution in [-0.2, 0) is 13.1 Å². The minimum Gasteiger partial charge on any atom is -0.508 e. The molecule has 1 aliphatic heterocycles. The fourth-order valence-corrected chi connectivity index (χ4v) is 4.26. The fourth-order valence-electron chi connectivity index (χ4n) is 4.26. The predicted molar refractivity (Wildman–Crippen MR) is 114 cm³/mol. The molecule has 0 bridgehead atoms. The fraction of sp³-hybridized carbons (Fsp3) is 0.375. The Morgan fingerprint density at radius 2 is 2.00 bits per heavy atom. The van der Waals surface area contributed by atoms with Gasteiger partial charge < -0.3 is 14.8 Å². The summed E-state index contributed by atoms with van der Waals surface area (Å²) in [5.74, 6) is 0.612. The van der Waals surface area contributed by atoms with Gasteiger partial charge in [0.15, 0.2) is 0 Å². The summed E-state index contributed by atoms with van der Waals surface area (Å²) < 4.78 is 5.89. The van der Waals surface area contributed by atoms with Crippen LogP contribution in [0.2, 0.25) is 0 Å². The summed E-state index contributed by atoms with van der Waals surface area (Å²) >= 11 is 0. The summed E-state index contributed by atoms with van der Waals surface area (Å²) in [4.78, 5) is 15.4. The summed E-state index contributed by atoms with van der Waals surface area (Å²) in [7, 11) is 0. The van der Waals surface area contributed by atoms with Crippen molar-refractivity contribution < 1.29 is 14.3 Å². The smallest absolute Gasteiger partial charge is 0.255 e. The highest BCUT2D eigenvalue weighted by molar-refractivity contribution is 6.08. The minimum atomic E-state index is -0.177. The number of benzene rings is 2. The van der Waals surface area contributed by atoms with E-state index in [0.29, 0.717) is 36.0 Å². The van der Waals surface area contributed by atoms with Gasteiger partial charge in [-0.3, -0.25) is 9.69 Å². The first-order valence-corrected chi connectivity index (χ1v) is 10.3. The van der Waals surface area contributed by atoms with E-state index >= 15 is 0 Å².